The van der Waals surface area contributed by atoms with Crippen molar-refractivity contribution >= 4 is 23.4 Å². The van der Waals surface area contributed by atoms with Gasteiger partial charge < -0.3 is 9.88 Å². The molecule has 1 aromatic carbocycles. The lowest BCUT2D eigenvalue weighted by Gasteiger charge is -2.13. The fraction of sp³-hybridized carbons (Fsp3) is 0.389. The predicted molar refractivity (Wildman–Crippen MR) is 97.6 cm³/mol. The number of benzene rings is 1. The lowest BCUT2D eigenvalue weighted by molar-refractivity contribution is -0.137. The summed E-state index contributed by atoms with van der Waals surface area (Å²) in [6.07, 6.45) is -0.472. The molecule has 0 radical (unpaired) electrons. The summed E-state index contributed by atoms with van der Waals surface area (Å²) in [6, 6.07) is 4.36. The van der Waals surface area contributed by atoms with Crippen molar-refractivity contribution in [3.63, 3.8) is 0 Å². The van der Waals surface area contributed by atoms with Crippen molar-refractivity contribution < 1.29 is 18.0 Å². The van der Waals surface area contributed by atoms with E-state index in [0.29, 0.717) is 23.3 Å². The smallest absolute Gasteiger partial charge is 0.325 e. The second-order valence-corrected chi connectivity index (χ2v) is 7.65. The third kappa shape index (κ3) is 4.71. The van der Waals surface area contributed by atoms with E-state index in [-0.39, 0.29) is 5.91 Å². The lowest BCUT2D eigenvalue weighted by Crippen LogP contribution is -2.23. The van der Waals surface area contributed by atoms with E-state index >= 15 is 0 Å². The van der Waals surface area contributed by atoms with Crippen LogP contribution < -0.4 is 5.32 Å². The largest absolute Gasteiger partial charge is 0.416 e. The van der Waals surface area contributed by atoms with Gasteiger partial charge in [-0.25, -0.2) is 0 Å². The van der Waals surface area contributed by atoms with Gasteiger partial charge in [0.1, 0.15) is 5.82 Å². The van der Waals surface area contributed by atoms with Crippen LogP contribution in [0.4, 0.5) is 18.9 Å². The Kier molecular flexibility index (Phi) is 5.59. The van der Waals surface area contributed by atoms with Gasteiger partial charge in [-0.2, -0.15) is 13.2 Å². The molecule has 0 spiro atoms. The van der Waals surface area contributed by atoms with Crippen molar-refractivity contribution in [1.29, 1.82) is 0 Å². The van der Waals surface area contributed by atoms with Gasteiger partial charge in [-0.05, 0) is 44.0 Å². The van der Waals surface area contributed by atoms with Gasteiger partial charge >= 0.3 is 6.18 Å². The zero-order valence-electron chi connectivity index (χ0n) is 14.7. The van der Waals surface area contributed by atoms with Crippen molar-refractivity contribution in [3.05, 3.63) is 48.3 Å². The molecule has 144 valence electrons. The SMILES string of the molecule is C=CCn1c(SC(C)C(=O)Nc2ccc(C(F)(F)F)cc2)nnc1C1CC1. The molecule has 2 aromatic rings. The molecule has 5 nitrogen and oxygen atoms in total. The molecule has 1 saturated carbocycles. The Balaban J connectivity index is 1.65. The van der Waals surface area contributed by atoms with Gasteiger partial charge in [0.05, 0.1) is 10.8 Å². The highest BCUT2D eigenvalue weighted by Crippen LogP contribution is 2.40. The summed E-state index contributed by atoms with van der Waals surface area (Å²) in [6.45, 7) is 6.03. The molecule has 1 unspecified atom stereocenters. The Hall–Kier alpha value is -2.29. The van der Waals surface area contributed by atoms with Crippen LogP contribution in [0.25, 0.3) is 0 Å². The van der Waals surface area contributed by atoms with Crippen LogP contribution in [0, 0.1) is 0 Å². The van der Waals surface area contributed by atoms with Crippen LogP contribution in [0.2, 0.25) is 0 Å². The van der Waals surface area contributed by atoms with Crippen molar-refractivity contribution in [2.45, 2.75) is 48.8 Å². The highest BCUT2D eigenvalue weighted by atomic mass is 32.2. The van der Waals surface area contributed by atoms with E-state index in [2.05, 4.69) is 22.1 Å². The zero-order chi connectivity index (χ0) is 19.6. The molecule has 1 N–H and O–H groups in total. The Morgan fingerprint density at radius 2 is 2.04 bits per heavy atom. The van der Waals surface area contributed by atoms with E-state index in [0.717, 1.165) is 30.8 Å². The number of allylic oxidation sites excluding steroid dienone is 1. The maximum Gasteiger partial charge on any atom is 0.416 e. The number of hydrogen-bond acceptors (Lipinski definition) is 4. The minimum atomic E-state index is -4.40. The number of aromatic nitrogens is 3. The normalized spacial score (nSPS) is 15.4. The number of thioether (sulfide) groups is 1. The van der Waals surface area contributed by atoms with Crippen molar-refractivity contribution in [2.75, 3.05) is 5.32 Å². The van der Waals surface area contributed by atoms with Crippen LogP contribution in [-0.4, -0.2) is 25.9 Å². The van der Waals surface area contributed by atoms with Gasteiger partial charge in [0.2, 0.25) is 5.91 Å². The Morgan fingerprint density at radius 3 is 2.59 bits per heavy atom. The number of halogens is 3. The minimum absolute atomic E-state index is 0.312. The molecule has 1 aliphatic carbocycles. The second kappa shape index (κ2) is 7.75. The van der Waals surface area contributed by atoms with Crippen molar-refractivity contribution in [3.8, 4) is 0 Å². The highest BCUT2D eigenvalue weighted by Gasteiger charge is 2.31. The molecule has 1 aromatic heterocycles. The van der Waals surface area contributed by atoms with Gasteiger partial charge in [0, 0.05) is 18.2 Å². The number of carbonyl (C=O) groups excluding carboxylic acids is 1. The third-order valence-electron chi connectivity index (χ3n) is 4.13. The monoisotopic (exact) mass is 396 g/mol. The summed E-state index contributed by atoms with van der Waals surface area (Å²) < 4.78 is 39.8. The average Bonchev–Trinajstić information content (AvgIpc) is 3.38. The molecule has 27 heavy (non-hydrogen) atoms. The Morgan fingerprint density at radius 1 is 1.37 bits per heavy atom. The highest BCUT2D eigenvalue weighted by molar-refractivity contribution is 8.00. The van der Waals surface area contributed by atoms with Crippen LogP contribution in [0.3, 0.4) is 0 Å². The molecule has 1 atom stereocenters. The Labute approximate surface area is 159 Å². The summed E-state index contributed by atoms with van der Waals surface area (Å²) in [5.41, 5.74) is -0.445. The molecular formula is C18H19F3N4OS. The first-order valence-electron chi connectivity index (χ1n) is 8.48. The maximum atomic E-state index is 12.6. The summed E-state index contributed by atoms with van der Waals surface area (Å²) in [7, 11) is 0. The molecular weight excluding hydrogens is 377 g/mol. The number of rotatable bonds is 7. The third-order valence-corrected chi connectivity index (χ3v) is 5.21. The number of alkyl halides is 3. The van der Waals surface area contributed by atoms with E-state index in [1.807, 2.05) is 4.57 Å². The fourth-order valence-electron chi connectivity index (χ4n) is 2.53. The molecule has 1 amide bonds. The summed E-state index contributed by atoms with van der Waals surface area (Å²) in [5.74, 6) is 1.01. The van der Waals surface area contributed by atoms with Gasteiger partial charge in [-0.3, -0.25) is 4.79 Å². The number of nitrogens with one attached hydrogen (secondary N) is 1. The van der Waals surface area contributed by atoms with E-state index in [9.17, 15) is 18.0 Å². The van der Waals surface area contributed by atoms with E-state index in [4.69, 9.17) is 0 Å². The molecule has 0 bridgehead atoms. The molecule has 0 saturated heterocycles. The van der Waals surface area contributed by atoms with Gasteiger partial charge in [0.15, 0.2) is 5.16 Å². The second-order valence-electron chi connectivity index (χ2n) is 6.34. The van der Waals surface area contributed by atoms with Crippen LogP contribution >= 0.6 is 11.8 Å². The number of amides is 1. The number of hydrogen-bond donors (Lipinski definition) is 1. The molecule has 1 aliphatic rings. The zero-order valence-corrected chi connectivity index (χ0v) is 15.5. The van der Waals surface area contributed by atoms with Gasteiger partial charge in [-0.15, -0.1) is 16.8 Å². The predicted octanol–water partition coefficient (Wildman–Crippen LogP) is 4.48. The minimum Gasteiger partial charge on any atom is -0.325 e. The van der Waals surface area contributed by atoms with E-state index in [1.165, 1.54) is 23.9 Å². The van der Waals surface area contributed by atoms with E-state index < -0.39 is 17.0 Å². The lowest BCUT2D eigenvalue weighted by atomic mass is 10.2. The standard InChI is InChI=1S/C18H19F3N4OS/c1-3-10-25-15(12-4-5-12)23-24-17(25)27-11(2)16(26)22-14-8-6-13(7-9-14)18(19,20)21/h3,6-9,11-12H,1,4-5,10H2,2H3,(H,22,26). The molecule has 1 heterocycles. The van der Waals surface area contributed by atoms with Crippen LogP contribution in [0.5, 0.6) is 0 Å². The van der Waals surface area contributed by atoms with E-state index in [1.54, 1.807) is 13.0 Å². The van der Waals surface area contributed by atoms with Crippen molar-refractivity contribution in [2.24, 2.45) is 0 Å². The summed E-state index contributed by atoms with van der Waals surface area (Å²) in [5, 5.41) is 11.2. The van der Waals surface area contributed by atoms with Crippen LogP contribution in [0.1, 0.15) is 37.1 Å². The first-order chi connectivity index (χ1) is 12.8. The summed E-state index contributed by atoms with van der Waals surface area (Å²) in [4.78, 5) is 12.4. The quantitative estimate of drug-likeness (QED) is 0.554. The first-order valence-corrected chi connectivity index (χ1v) is 9.36. The topological polar surface area (TPSA) is 59.8 Å². The number of anilines is 1. The van der Waals surface area contributed by atoms with Crippen LogP contribution in [-0.2, 0) is 17.5 Å². The fourth-order valence-corrected chi connectivity index (χ4v) is 3.39. The molecule has 3 rings (SSSR count). The van der Waals surface area contributed by atoms with Crippen LogP contribution in [0.15, 0.2) is 42.1 Å². The number of nitrogens with zero attached hydrogens (tertiary/aromatic N) is 3. The first kappa shape index (κ1) is 19.5. The molecule has 0 aliphatic heterocycles. The van der Waals surface area contributed by atoms with Gasteiger partial charge in [-0.1, -0.05) is 17.8 Å². The summed E-state index contributed by atoms with van der Waals surface area (Å²) >= 11 is 1.26. The maximum absolute atomic E-state index is 12.6. The Bertz CT molecular complexity index is 828. The average molecular weight is 396 g/mol. The van der Waals surface area contributed by atoms with Gasteiger partial charge in [0.25, 0.3) is 0 Å². The molecule has 9 heteroatoms. The molecule has 1 fully saturated rings. The number of carbonyl (C=O) groups is 1. The van der Waals surface area contributed by atoms with Crippen molar-refractivity contribution in [1.82, 2.24) is 14.8 Å².